The molecule has 1 atom stereocenters. The van der Waals surface area contributed by atoms with Crippen molar-refractivity contribution in [2.75, 3.05) is 32.1 Å². The third-order valence-corrected chi connectivity index (χ3v) is 5.39. The highest BCUT2D eigenvalue weighted by Crippen LogP contribution is 2.30. The molecule has 1 saturated carbocycles. The van der Waals surface area contributed by atoms with Gasteiger partial charge < -0.3 is 15.1 Å². The van der Waals surface area contributed by atoms with Crippen molar-refractivity contribution in [3.05, 3.63) is 10.6 Å². The molecule has 0 radical (unpaired) electrons. The number of hydrogen-bond donors (Lipinski definition) is 1. The second-order valence-electron chi connectivity index (χ2n) is 6.01. The summed E-state index contributed by atoms with van der Waals surface area (Å²) in [6, 6.07) is 1.45. The minimum atomic E-state index is 0.678. The predicted octanol–water partition coefficient (Wildman–Crippen LogP) is 1.84. The summed E-state index contributed by atoms with van der Waals surface area (Å²) in [5.41, 5.74) is 1.21. The topological polar surface area (TPSA) is 31.4 Å². The molecule has 2 heterocycles. The highest BCUT2D eigenvalue weighted by Gasteiger charge is 2.27. The lowest BCUT2D eigenvalue weighted by atomic mass is 10.2. The molecule has 0 aromatic carbocycles. The van der Waals surface area contributed by atoms with Gasteiger partial charge in [0.05, 0.1) is 5.69 Å². The van der Waals surface area contributed by atoms with Gasteiger partial charge in [0, 0.05) is 36.6 Å². The molecule has 106 valence electrons. The van der Waals surface area contributed by atoms with E-state index in [1.54, 1.807) is 0 Å². The molecule has 5 heteroatoms. The van der Waals surface area contributed by atoms with Crippen LogP contribution in [0.1, 0.15) is 29.8 Å². The van der Waals surface area contributed by atoms with Crippen molar-refractivity contribution >= 4 is 16.5 Å². The summed E-state index contributed by atoms with van der Waals surface area (Å²) in [7, 11) is 4.35. The van der Waals surface area contributed by atoms with Gasteiger partial charge in [0.2, 0.25) is 0 Å². The molecular formula is C14H24N4S. The largest absolute Gasteiger partial charge is 0.346 e. The van der Waals surface area contributed by atoms with Crippen LogP contribution in [0.3, 0.4) is 0 Å². The maximum atomic E-state index is 4.77. The van der Waals surface area contributed by atoms with E-state index in [2.05, 4.69) is 36.1 Å². The Morgan fingerprint density at radius 2 is 2.16 bits per heavy atom. The number of hydrogen-bond acceptors (Lipinski definition) is 5. The van der Waals surface area contributed by atoms with Crippen LogP contribution in [-0.2, 0) is 6.54 Å². The Morgan fingerprint density at radius 1 is 1.37 bits per heavy atom. The molecule has 1 aromatic heterocycles. The van der Waals surface area contributed by atoms with E-state index < -0.39 is 0 Å². The number of anilines is 1. The van der Waals surface area contributed by atoms with Gasteiger partial charge in [-0.2, -0.15) is 0 Å². The Balaban J connectivity index is 1.63. The highest BCUT2D eigenvalue weighted by atomic mass is 32.1. The number of likely N-dealkylation sites (N-methyl/N-ethyl adjacent to an activating group) is 1. The van der Waals surface area contributed by atoms with Crippen LogP contribution in [-0.4, -0.2) is 49.2 Å². The number of aryl methyl sites for hydroxylation is 1. The van der Waals surface area contributed by atoms with E-state index in [4.69, 9.17) is 4.98 Å². The molecule has 1 aliphatic carbocycles. The van der Waals surface area contributed by atoms with Crippen molar-refractivity contribution in [3.63, 3.8) is 0 Å². The molecule has 2 fully saturated rings. The second-order valence-corrected chi connectivity index (χ2v) is 7.07. The standard InChI is InChI=1S/C14H24N4S/c1-10-13(8-15-11-4-5-11)19-14(16-10)18-7-6-12(9-18)17(2)3/h11-12,15H,4-9H2,1-3H3. The summed E-state index contributed by atoms with van der Waals surface area (Å²) in [6.07, 6.45) is 3.95. The van der Waals surface area contributed by atoms with Gasteiger partial charge in [-0.15, -0.1) is 11.3 Å². The van der Waals surface area contributed by atoms with E-state index in [0.717, 1.165) is 25.7 Å². The van der Waals surface area contributed by atoms with Crippen molar-refractivity contribution in [1.82, 2.24) is 15.2 Å². The second kappa shape index (κ2) is 5.38. The van der Waals surface area contributed by atoms with Crippen molar-refractivity contribution in [3.8, 4) is 0 Å². The van der Waals surface area contributed by atoms with Crippen LogP contribution in [0.25, 0.3) is 0 Å². The quantitative estimate of drug-likeness (QED) is 0.892. The minimum absolute atomic E-state index is 0.678. The third-order valence-electron chi connectivity index (χ3n) is 4.17. The van der Waals surface area contributed by atoms with Gasteiger partial charge >= 0.3 is 0 Å². The molecule has 1 unspecified atom stereocenters. The average molecular weight is 280 g/mol. The van der Waals surface area contributed by atoms with Gasteiger partial charge in [0.25, 0.3) is 0 Å². The van der Waals surface area contributed by atoms with Crippen molar-refractivity contribution < 1.29 is 0 Å². The Hall–Kier alpha value is -0.650. The van der Waals surface area contributed by atoms with Gasteiger partial charge in [0.15, 0.2) is 5.13 Å². The van der Waals surface area contributed by atoms with Gasteiger partial charge in [-0.05, 0) is 40.3 Å². The average Bonchev–Trinajstić information content (AvgIpc) is 2.93. The summed E-state index contributed by atoms with van der Waals surface area (Å²) in [6.45, 7) is 5.41. The van der Waals surface area contributed by atoms with Gasteiger partial charge in [-0.1, -0.05) is 0 Å². The fourth-order valence-electron chi connectivity index (χ4n) is 2.57. The van der Waals surface area contributed by atoms with E-state index in [1.807, 2.05) is 11.3 Å². The summed E-state index contributed by atoms with van der Waals surface area (Å²) in [5, 5.41) is 4.81. The Bertz CT molecular complexity index is 439. The van der Waals surface area contributed by atoms with Crippen LogP contribution in [0, 0.1) is 6.92 Å². The molecule has 1 saturated heterocycles. The molecule has 1 aromatic rings. The molecule has 1 aliphatic heterocycles. The fraction of sp³-hybridized carbons (Fsp3) is 0.786. The number of thiazole rings is 1. The first-order valence-electron chi connectivity index (χ1n) is 7.24. The number of aromatic nitrogens is 1. The Morgan fingerprint density at radius 3 is 2.79 bits per heavy atom. The van der Waals surface area contributed by atoms with Crippen molar-refractivity contribution in [2.24, 2.45) is 0 Å². The lowest BCUT2D eigenvalue weighted by molar-refractivity contribution is 0.315. The monoisotopic (exact) mass is 280 g/mol. The summed E-state index contributed by atoms with van der Waals surface area (Å²) >= 11 is 1.87. The van der Waals surface area contributed by atoms with Crippen LogP contribution in [0.4, 0.5) is 5.13 Å². The molecule has 19 heavy (non-hydrogen) atoms. The molecular weight excluding hydrogens is 256 g/mol. The van der Waals surface area contributed by atoms with Crippen molar-refractivity contribution in [1.29, 1.82) is 0 Å². The van der Waals surface area contributed by atoms with E-state index in [0.29, 0.717) is 6.04 Å². The lowest BCUT2D eigenvalue weighted by Gasteiger charge is -2.19. The van der Waals surface area contributed by atoms with E-state index in [1.165, 1.54) is 35.0 Å². The normalized spacial score (nSPS) is 23.6. The van der Waals surface area contributed by atoms with Crippen LogP contribution in [0.2, 0.25) is 0 Å². The number of nitrogens with zero attached hydrogens (tertiary/aromatic N) is 3. The summed E-state index contributed by atoms with van der Waals surface area (Å²) in [4.78, 5) is 11.0. The van der Waals surface area contributed by atoms with Gasteiger partial charge in [-0.3, -0.25) is 0 Å². The Kier molecular flexibility index (Phi) is 3.78. The molecule has 4 nitrogen and oxygen atoms in total. The van der Waals surface area contributed by atoms with Crippen LogP contribution < -0.4 is 10.2 Å². The van der Waals surface area contributed by atoms with Crippen LogP contribution in [0.5, 0.6) is 0 Å². The first-order valence-corrected chi connectivity index (χ1v) is 8.06. The fourth-order valence-corrected chi connectivity index (χ4v) is 3.62. The SMILES string of the molecule is Cc1nc(N2CCC(N(C)C)C2)sc1CNC1CC1. The van der Waals surface area contributed by atoms with Crippen LogP contribution in [0.15, 0.2) is 0 Å². The molecule has 0 spiro atoms. The molecule has 0 amide bonds. The first kappa shape index (κ1) is 13.3. The molecule has 3 rings (SSSR count). The predicted molar refractivity (Wildman–Crippen MR) is 81.0 cm³/mol. The maximum Gasteiger partial charge on any atom is 0.185 e. The third kappa shape index (κ3) is 3.09. The van der Waals surface area contributed by atoms with Gasteiger partial charge in [-0.25, -0.2) is 4.98 Å². The zero-order valence-corrected chi connectivity index (χ0v) is 13.0. The molecule has 1 N–H and O–H groups in total. The van der Waals surface area contributed by atoms with E-state index in [9.17, 15) is 0 Å². The number of nitrogens with one attached hydrogen (secondary N) is 1. The van der Waals surface area contributed by atoms with Gasteiger partial charge in [0.1, 0.15) is 0 Å². The van der Waals surface area contributed by atoms with Crippen molar-refractivity contribution in [2.45, 2.75) is 44.8 Å². The van der Waals surface area contributed by atoms with Crippen LogP contribution >= 0.6 is 11.3 Å². The maximum absolute atomic E-state index is 4.77. The first-order chi connectivity index (χ1) is 9.13. The molecule has 0 bridgehead atoms. The molecule has 2 aliphatic rings. The zero-order chi connectivity index (χ0) is 13.4. The zero-order valence-electron chi connectivity index (χ0n) is 12.1. The summed E-state index contributed by atoms with van der Waals surface area (Å²) < 4.78 is 0. The minimum Gasteiger partial charge on any atom is -0.346 e. The summed E-state index contributed by atoms with van der Waals surface area (Å²) in [5.74, 6) is 0. The lowest BCUT2D eigenvalue weighted by Crippen LogP contribution is -2.31. The van der Waals surface area contributed by atoms with E-state index in [-0.39, 0.29) is 0 Å². The number of rotatable bonds is 5. The Labute approximate surface area is 119 Å². The smallest absolute Gasteiger partial charge is 0.185 e. The highest BCUT2D eigenvalue weighted by molar-refractivity contribution is 7.15. The van der Waals surface area contributed by atoms with E-state index >= 15 is 0 Å².